The number of alkyl halides is 3. The van der Waals surface area contributed by atoms with E-state index in [1.165, 1.54) is 40.8 Å². The van der Waals surface area contributed by atoms with Gasteiger partial charge in [0, 0.05) is 18.8 Å². The third-order valence-corrected chi connectivity index (χ3v) is 4.33. The minimum atomic E-state index is -4.79. The number of nitrogens with zero attached hydrogens (tertiary/aromatic N) is 4. The van der Waals surface area contributed by atoms with Crippen LogP contribution in [0.5, 0.6) is 17.4 Å². The molecule has 0 radical (unpaired) electrons. The van der Waals surface area contributed by atoms with Gasteiger partial charge in [0.1, 0.15) is 11.4 Å². The van der Waals surface area contributed by atoms with Crippen molar-refractivity contribution in [3.8, 4) is 28.5 Å². The Morgan fingerprint density at radius 2 is 1.87 bits per heavy atom. The summed E-state index contributed by atoms with van der Waals surface area (Å²) in [4.78, 5) is 23.7. The number of aryl methyl sites for hydroxylation is 1. The number of esters is 2. The highest BCUT2D eigenvalue weighted by molar-refractivity contribution is 5.82. The summed E-state index contributed by atoms with van der Waals surface area (Å²) in [6.45, 7) is 0.0622. The molecule has 0 bridgehead atoms. The second-order valence-corrected chi connectivity index (χ2v) is 6.65. The van der Waals surface area contributed by atoms with Gasteiger partial charge in [-0.2, -0.15) is 10.2 Å². The van der Waals surface area contributed by atoms with Crippen molar-refractivity contribution in [2.24, 2.45) is 7.05 Å². The van der Waals surface area contributed by atoms with Gasteiger partial charge in [-0.05, 0) is 17.7 Å². The largest absolute Gasteiger partial charge is 0.573 e. The van der Waals surface area contributed by atoms with Gasteiger partial charge in [-0.1, -0.05) is 12.1 Å². The summed E-state index contributed by atoms with van der Waals surface area (Å²) >= 11 is 0. The predicted molar refractivity (Wildman–Crippen MR) is 97.2 cm³/mol. The van der Waals surface area contributed by atoms with Crippen LogP contribution >= 0.6 is 0 Å². The molecule has 2 aromatic heterocycles. The standard InChI is InChI=1S/C19H15F3N4O5/c1-25-18-17(29-15(27)5-6-16(28)30-18)14(24-25)10-26-9-12(8-23-26)11-3-2-4-13(7-11)31-19(20,21)22/h2-4,7-9H,5-6,10H2,1H3. The summed E-state index contributed by atoms with van der Waals surface area (Å²) in [5.74, 6) is -1.47. The Morgan fingerprint density at radius 1 is 1.13 bits per heavy atom. The summed E-state index contributed by atoms with van der Waals surface area (Å²) in [6, 6.07) is 5.49. The molecule has 0 unspecified atom stereocenters. The minimum absolute atomic E-state index is 0.0115. The predicted octanol–water partition coefficient (Wildman–Crippen LogP) is 2.84. The molecule has 0 saturated carbocycles. The van der Waals surface area contributed by atoms with Gasteiger partial charge in [-0.15, -0.1) is 13.2 Å². The molecule has 0 aliphatic carbocycles. The topological polar surface area (TPSA) is 97.5 Å². The second-order valence-electron chi connectivity index (χ2n) is 6.65. The average Bonchev–Trinajstić information content (AvgIpc) is 3.24. The lowest BCUT2D eigenvalue weighted by molar-refractivity contribution is -0.274. The van der Waals surface area contributed by atoms with E-state index in [1.807, 2.05) is 0 Å². The van der Waals surface area contributed by atoms with E-state index >= 15 is 0 Å². The molecule has 1 aliphatic heterocycles. The van der Waals surface area contributed by atoms with Crippen molar-refractivity contribution in [1.82, 2.24) is 19.6 Å². The SMILES string of the molecule is Cn1nc(Cn2cc(-c3cccc(OC(F)(F)F)c3)cn2)c2c1OC(=O)CCC(=O)O2. The third-order valence-electron chi connectivity index (χ3n) is 4.33. The highest BCUT2D eigenvalue weighted by Crippen LogP contribution is 2.34. The average molecular weight is 436 g/mol. The Balaban J connectivity index is 1.59. The maximum absolute atomic E-state index is 12.5. The normalized spacial score (nSPS) is 14.3. The highest BCUT2D eigenvalue weighted by atomic mass is 19.4. The van der Waals surface area contributed by atoms with Gasteiger partial charge >= 0.3 is 18.3 Å². The fraction of sp³-hybridized carbons (Fsp3) is 0.263. The molecule has 0 saturated heterocycles. The first kappa shape index (κ1) is 20.4. The van der Waals surface area contributed by atoms with Crippen LogP contribution in [0, 0.1) is 0 Å². The molecule has 0 spiro atoms. The Morgan fingerprint density at radius 3 is 2.61 bits per heavy atom. The van der Waals surface area contributed by atoms with Crippen LogP contribution in [0.3, 0.4) is 0 Å². The van der Waals surface area contributed by atoms with E-state index in [0.29, 0.717) is 16.8 Å². The van der Waals surface area contributed by atoms with Crippen molar-refractivity contribution in [2.75, 3.05) is 0 Å². The van der Waals surface area contributed by atoms with Gasteiger partial charge < -0.3 is 14.2 Å². The van der Waals surface area contributed by atoms with Crippen LogP contribution in [-0.4, -0.2) is 37.9 Å². The van der Waals surface area contributed by atoms with E-state index in [1.54, 1.807) is 12.3 Å². The lowest BCUT2D eigenvalue weighted by Crippen LogP contribution is -2.19. The number of carbonyl (C=O) groups is 2. The molecular formula is C19H15F3N4O5. The van der Waals surface area contributed by atoms with Crippen molar-refractivity contribution in [3.05, 3.63) is 42.4 Å². The lowest BCUT2D eigenvalue weighted by Gasteiger charge is -2.11. The van der Waals surface area contributed by atoms with Gasteiger partial charge in [0.05, 0.1) is 25.6 Å². The first-order valence-electron chi connectivity index (χ1n) is 9.04. The van der Waals surface area contributed by atoms with E-state index in [2.05, 4.69) is 14.9 Å². The number of benzene rings is 1. The van der Waals surface area contributed by atoms with Crippen molar-refractivity contribution >= 4 is 11.9 Å². The van der Waals surface area contributed by atoms with Gasteiger partial charge in [-0.3, -0.25) is 14.3 Å². The molecule has 162 valence electrons. The quantitative estimate of drug-likeness (QED) is 0.580. The monoisotopic (exact) mass is 436 g/mol. The zero-order valence-electron chi connectivity index (χ0n) is 16.0. The van der Waals surface area contributed by atoms with Gasteiger partial charge in [-0.25, -0.2) is 4.68 Å². The smallest absolute Gasteiger partial charge is 0.419 e. The third kappa shape index (κ3) is 4.68. The zero-order chi connectivity index (χ0) is 22.2. The van der Waals surface area contributed by atoms with Crippen molar-refractivity contribution < 1.29 is 37.0 Å². The molecule has 0 atom stereocenters. The molecular weight excluding hydrogens is 421 g/mol. The van der Waals surface area contributed by atoms with Gasteiger partial charge in [0.2, 0.25) is 5.75 Å². The zero-order valence-corrected chi connectivity index (χ0v) is 16.0. The summed E-state index contributed by atoms with van der Waals surface area (Å²) in [5.41, 5.74) is 1.30. The number of ether oxygens (including phenoxy) is 3. The Hall–Kier alpha value is -3.83. The van der Waals surface area contributed by atoms with Crippen LogP contribution in [-0.2, 0) is 23.2 Å². The van der Waals surface area contributed by atoms with E-state index in [4.69, 9.17) is 9.47 Å². The van der Waals surface area contributed by atoms with Crippen LogP contribution in [0.4, 0.5) is 13.2 Å². The first-order valence-corrected chi connectivity index (χ1v) is 9.04. The Bertz CT molecular complexity index is 1150. The number of rotatable bonds is 4. The maximum Gasteiger partial charge on any atom is 0.573 e. The number of fused-ring (bicyclic) bond motifs is 1. The highest BCUT2D eigenvalue weighted by Gasteiger charge is 2.31. The number of aromatic nitrogens is 4. The minimum Gasteiger partial charge on any atom is -0.419 e. The van der Waals surface area contributed by atoms with Gasteiger partial charge in [0.15, 0.2) is 0 Å². The van der Waals surface area contributed by atoms with Gasteiger partial charge in [0.25, 0.3) is 5.88 Å². The Kier molecular flexibility index (Phi) is 5.13. The molecule has 9 nitrogen and oxygen atoms in total. The van der Waals surface area contributed by atoms with Crippen LogP contribution < -0.4 is 14.2 Å². The molecule has 1 aliphatic rings. The van der Waals surface area contributed by atoms with Crippen molar-refractivity contribution in [1.29, 1.82) is 0 Å². The number of halogens is 3. The summed E-state index contributed by atoms with van der Waals surface area (Å²) < 4.78 is 54.6. The number of carbonyl (C=O) groups excluding carboxylic acids is 2. The van der Waals surface area contributed by atoms with Crippen LogP contribution in [0.2, 0.25) is 0 Å². The second kappa shape index (κ2) is 7.78. The molecule has 12 heteroatoms. The lowest BCUT2D eigenvalue weighted by atomic mass is 10.1. The van der Waals surface area contributed by atoms with Crippen LogP contribution in [0.1, 0.15) is 18.5 Å². The van der Waals surface area contributed by atoms with E-state index in [9.17, 15) is 22.8 Å². The molecule has 0 fully saturated rings. The van der Waals surface area contributed by atoms with Crippen LogP contribution in [0.25, 0.3) is 11.1 Å². The number of hydrogen-bond acceptors (Lipinski definition) is 7. The molecule has 31 heavy (non-hydrogen) atoms. The maximum atomic E-state index is 12.5. The van der Waals surface area contributed by atoms with Crippen LogP contribution in [0.15, 0.2) is 36.7 Å². The first-order chi connectivity index (χ1) is 14.7. The summed E-state index contributed by atoms with van der Waals surface area (Å²) in [7, 11) is 1.53. The molecule has 4 rings (SSSR count). The fourth-order valence-electron chi connectivity index (χ4n) is 3.01. The Labute approximate surface area is 172 Å². The van der Waals surface area contributed by atoms with Crippen molar-refractivity contribution in [3.63, 3.8) is 0 Å². The number of hydrogen-bond donors (Lipinski definition) is 0. The fourth-order valence-corrected chi connectivity index (χ4v) is 3.01. The molecule has 0 N–H and O–H groups in total. The van der Waals surface area contributed by atoms with E-state index in [0.717, 1.165) is 0 Å². The van der Waals surface area contributed by atoms with E-state index in [-0.39, 0.29) is 36.8 Å². The summed E-state index contributed by atoms with van der Waals surface area (Å²) in [5, 5.41) is 8.41. The molecule has 0 amide bonds. The molecule has 1 aromatic carbocycles. The molecule has 3 aromatic rings. The van der Waals surface area contributed by atoms with E-state index < -0.39 is 18.3 Å². The molecule has 3 heterocycles. The summed E-state index contributed by atoms with van der Waals surface area (Å²) in [6.07, 6.45) is -1.96. The van der Waals surface area contributed by atoms with Crippen molar-refractivity contribution in [2.45, 2.75) is 25.7 Å².